The van der Waals surface area contributed by atoms with Crippen molar-refractivity contribution in [2.24, 2.45) is 16.8 Å². The van der Waals surface area contributed by atoms with E-state index in [4.69, 9.17) is 4.99 Å². The van der Waals surface area contributed by atoms with Crippen LogP contribution in [0.25, 0.3) is 0 Å². The molecular weight excluding hydrogens is 248 g/mol. The molecule has 0 bridgehead atoms. The summed E-state index contributed by atoms with van der Waals surface area (Å²) in [5.74, 6) is 2.36. The minimum atomic E-state index is 0.696. The van der Waals surface area contributed by atoms with Gasteiger partial charge in [-0.3, -0.25) is 4.99 Å². The number of piperidine rings is 1. The van der Waals surface area contributed by atoms with Gasteiger partial charge in [0.2, 0.25) is 0 Å². The number of likely N-dealkylation sites (tertiary alicyclic amines) is 1. The quantitative estimate of drug-likeness (QED) is 0.426. The van der Waals surface area contributed by atoms with Gasteiger partial charge in [0.05, 0.1) is 0 Å². The molecule has 0 aromatic heterocycles. The Labute approximate surface area is 124 Å². The van der Waals surface area contributed by atoms with Crippen LogP contribution in [0.5, 0.6) is 0 Å². The average Bonchev–Trinajstić information content (AvgIpc) is 2.41. The van der Waals surface area contributed by atoms with Gasteiger partial charge in [-0.25, -0.2) is 0 Å². The molecule has 20 heavy (non-hydrogen) atoms. The highest BCUT2D eigenvalue weighted by Crippen LogP contribution is 2.17. The lowest BCUT2D eigenvalue weighted by atomic mass is 9.97. The number of nitrogens with one attached hydrogen (secondary N) is 2. The van der Waals surface area contributed by atoms with Crippen molar-refractivity contribution < 1.29 is 0 Å². The first-order valence-corrected chi connectivity index (χ1v) is 8.01. The summed E-state index contributed by atoms with van der Waals surface area (Å²) in [4.78, 5) is 7.30. The number of guanidine groups is 1. The lowest BCUT2D eigenvalue weighted by Crippen LogP contribution is -2.40. The molecular formula is C16H32N4. The van der Waals surface area contributed by atoms with Gasteiger partial charge < -0.3 is 15.5 Å². The first-order valence-electron chi connectivity index (χ1n) is 8.01. The molecule has 1 aliphatic heterocycles. The van der Waals surface area contributed by atoms with Crippen LogP contribution in [0.3, 0.4) is 0 Å². The molecule has 4 heteroatoms. The Balaban J connectivity index is 2.42. The van der Waals surface area contributed by atoms with Crippen LogP contribution in [-0.2, 0) is 0 Å². The van der Waals surface area contributed by atoms with E-state index in [1.54, 1.807) is 0 Å². The Morgan fingerprint density at radius 3 is 2.90 bits per heavy atom. The number of hydrogen-bond acceptors (Lipinski definition) is 2. The van der Waals surface area contributed by atoms with Crippen molar-refractivity contribution in [2.75, 3.05) is 39.3 Å². The molecule has 0 radical (unpaired) electrons. The highest BCUT2D eigenvalue weighted by molar-refractivity contribution is 5.79. The van der Waals surface area contributed by atoms with Crippen LogP contribution >= 0.6 is 0 Å². The van der Waals surface area contributed by atoms with Crippen molar-refractivity contribution >= 4 is 5.96 Å². The second kappa shape index (κ2) is 9.81. The third-order valence-corrected chi connectivity index (χ3v) is 3.49. The van der Waals surface area contributed by atoms with Crippen LogP contribution in [-0.4, -0.2) is 50.1 Å². The van der Waals surface area contributed by atoms with Crippen LogP contribution in [0.2, 0.25) is 0 Å². The average molecular weight is 280 g/mol. The van der Waals surface area contributed by atoms with Crippen LogP contribution in [0.4, 0.5) is 0 Å². The van der Waals surface area contributed by atoms with E-state index in [-0.39, 0.29) is 0 Å². The SMILES string of the molecule is C=CCNC(=NCC1CCCN(CC(C)C)C1)NCC. The molecule has 1 saturated heterocycles. The molecule has 1 unspecified atom stereocenters. The van der Waals surface area contributed by atoms with Crippen molar-refractivity contribution in [3.05, 3.63) is 12.7 Å². The predicted molar refractivity (Wildman–Crippen MR) is 88.2 cm³/mol. The molecule has 0 aromatic carbocycles. The fourth-order valence-corrected chi connectivity index (χ4v) is 2.71. The highest BCUT2D eigenvalue weighted by Gasteiger charge is 2.20. The van der Waals surface area contributed by atoms with Gasteiger partial charge in [0.1, 0.15) is 0 Å². The Morgan fingerprint density at radius 2 is 2.25 bits per heavy atom. The third-order valence-electron chi connectivity index (χ3n) is 3.49. The summed E-state index contributed by atoms with van der Waals surface area (Å²) in [7, 11) is 0. The maximum absolute atomic E-state index is 4.71. The maximum Gasteiger partial charge on any atom is 0.191 e. The van der Waals surface area contributed by atoms with Crippen molar-refractivity contribution in [3.8, 4) is 0 Å². The molecule has 0 aromatic rings. The highest BCUT2D eigenvalue weighted by atomic mass is 15.2. The zero-order chi connectivity index (χ0) is 14.8. The Morgan fingerprint density at radius 1 is 1.45 bits per heavy atom. The Hall–Kier alpha value is -1.03. The molecule has 0 amide bonds. The number of aliphatic imine (C=N–C) groups is 1. The van der Waals surface area contributed by atoms with E-state index in [1.807, 2.05) is 6.08 Å². The molecule has 116 valence electrons. The topological polar surface area (TPSA) is 39.7 Å². The van der Waals surface area contributed by atoms with E-state index in [1.165, 1.54) is 32.5 Å². The van der Waals surface area contributed by atoms with E-state index in [0.717, 1.165) is 31.5 Å². The minimum Gasteiger partial charge on any atom is -0.357 e. The first-order chi connectivity index (χ1) is 9.65. The molecule has 0 aliphatic carbocycles. The monoisotopic (exact) mass is 280 g/mol. The maximum atomic E-state index is 4.71. The van der Waals surface area contributed by atoms with Crippen LogP contribution in [0.15, 0.2) is 17.6 Å². The normalized spacial score (nSPS) is 21.0. The van der Waals surface area contributed by atoms with E-state index >= 15 is 0 Å². The molecule has 0 spiro atoms. The standard InChI is InChI=1S/C16H32N4/c1-5-9-18-16(17-6-2)19-11-15-8-7-10-20(13-15)12-14(3)4/h5,14-15H,1,6-13H2,2-4H3,(H2,17,18,19). The lowest BCUT2D eigenvalue weighted by molar-refractivity contribution is 0.162. The smallest absolute Gasteiger partial charge is 0.191 e. The summed E-state index contributed by atoms with van der Waals surface area (Å²) in [5.41, 5.74) is 0. The minimum absolute atomic E-state index is 0.696. The second-order valence-electron chi connectivity index (χ2n) is 6.05. The van der Waals surface area contributed by atoms with Gasteiger partial charge in [-0.1, -0.05) is 19.9 Å². The summed E-state index contributed by atoms with van der Waals surface area (Å²) in [6.07, 6.45) is 4.47. The predicted octanol–water partition coefficient (Wildman–Crippen LogP) is 2.10. The lowest BCUT2D eigenvalue weighted by Gasteiger charge is -2.33. The van der Waals surface area contributed by atoms with E-state index in [2.05, 4.69) is 42.9 Å². The van der Waals surface area contributed by atoms with Gasteiger partial charge >= 0.3 is 0 Å². The zero-order valence-corrected chi connectivity index (χ0v) is 13.5. The molecule has 2 N–H and O–H groups in total. The van der Waals surface area contributed by atoms with E-state index in [0.29, 0.717) is 5.92 Å². The van der Waals surface area contributed by atoms with Crippen molar-refractivity contribution in [1.29, 1.82) is 0 Å². The van der Waals surface area contributed by atoms with Crippen LogP contribution in [0, 0.1) is 11.8 Å². The number of nitrogens with zero attached hydrogens (tertiary/aromatic N) is 2. The molecule has 1 fully saturated rings. The van der Waals surface area contributed by atoms with Crippen LogP contribution < -0.4 is 10.6 Å². The molecule has 1 atom stereocenters. The Bertz CT molecular complexity index is 299. The van der Waals surface area contributed by atoms with Gasteiger partial charge in [0.25, 0.3) is 0 Å². The zero-order valence-electron chi connectivity index (χ0n) is 13.5. The van der Waals surface area contributed by atoms with Gasteiger partial charge in [-0.15, -0.1) is 6.58 Å². The molecule has 1 rings (SSSR count). The molecule has 4 nitrogen and oxygen atoms in total. The van der Waals surface area contributed by atoms with E-state index in [9.17, 15) is 0 Å². The molecule has 1 aliphatic rings. The van der Waals surface area contributed by atoms with Gasteiger partial charge in [0, 0.05) is 32.7 Å². The summed E-state index contributed by atoms with van der Waals surface area (Å²) in [5, 5.41) is 6.54. The first kappa shape index (κ1) is 17.0. The Kier molecular flexibility index (Phi) is 8.35. The summed E-state index contributed by atoms with van der Waals surface area (Å²) in [6, 6.07) is 0. The summed E-state index contributed by atoms with van der Waals surface area (Å²) < 4.78 is 0. The van der Waals surface area contributed by atoms with E-state index < -0.39 is 0 Å². The fourth-order valence-electron chi connectivity index (χ4n) is 2.71. The molecule has 1 heterocycles. The van der Waals surface area contributed by atoms with Crippen molar-refractivity contribution in [2.45, 2.75) is 33.6 Å². The summed E-state index contributed by atoms with van der Waals surface area (Å²) in [6.45, 7) is 16.7. The third kappa shape index (κ3) is 6.94. The fraction of sp³-hybridized carbons (Fsp3) is 0.812. The second-order valence-corrected chi connectivity index (χ2v) is 6.05. The van der Waals surface area contributed by atoms with Crippen molar-refractivity contribution in [3.63, 3.8) is 0 Å². The van der Waals surface area contributed by atoms with Gasteiger partial charge in [0.15, 0.2) is 5.96 Å². The molecule has 0 saturated carbocycles. The largest absolute Gasteiger partial charge is 0.357 e. The van der Waals surface area contributed by atoms with Gasteiger partial charge in [-0.05, 0) is 38.1 Å². The van der Waals surface area contributed by atoms with Crippen LogP contribution in [0.1, 0.15) is 33.6 Å². The van der Waals surface area contributed by atoms with Gasteiger partial charge in [-0.2, -0.15) is 0 Å². The summed E-state index contributed by atoms with van der Waals surface area (Å²) >= 11 is 0. The van der Waals surface area contributed by atoms with Crippen molar-refractivity contribution in [1.82, 2.24) is 15.5 Å². The number of rotatable bonds is 7. The number of hydrogen-bond donors (Lipinski definition) is 2.